The van der Waals surface area contributed by atoms with E-state index in [2.05, 4.69) is 20.8 Å². The molecule has 112 valence electrons. The second-order valence-electron chi connectivity index (χ2n) is 4.82. The first-order valence-electron chi connectivity index (χ1n) is 6.71. The molecule has 0 atom stereocenters. The number of ether oxygens (including phenoxy) is 1. The van der Waals surface area contributed by atoms with E-state index in [1.165, 1.54) is 0 Å². The zero-order valence-electron chi connectivity index (χ0n) is 12.7. The topological polar surface area (TPSA) is 79.0 Å². The Bertz CT molecular complexity index is 649. The molecule has 1 aromatic heterocycles. The molecule has 1 heterocycles. The van der Waals surface area contributed by atoms with Gasteiger partial charge in [-0.2, -0.15) is 5.10 Å². The van der Waals surface area contributed by atoms with Crippen LogP contribution in [0.15, 0.2) is 18.2 Å². The first-order chi connectivity index (χ1) is 10.1. The molecular formula is C15H20N4O2. The number of nitrogens with zero attached hydrogens (tertiary/aromatic N) is 1. The Balaban J connectivity index is 2.21. The Kier molecular flexibility index (Phi) is 4.47. The van der Waals surface area contributed by atoms with Gasteiger partial charge in [-0.25, -0.2) is 0 Å². The maximum absolute atomic E-state index is 11.9. The van der Waals surface area contributed by atoms with Gasteiger partial charge >= 0.3 is 0 Å². The summed E-state index contributed by atoms with van der Waals surface area (Å²) in [5, 5.41) is 12.8. The van der Waals surface area contributed by atoms with Crippen molar-refractivity contribution >= 4 is 11.7 Å². The minimum Gasteiger partial charge on any atom is -0.496 e. The number of hydrogen-bond acceptors (Lipinski definition) is 4. The first-order valence-corrected chi connectivity index (χ1v) is 6.71. The number of amides is 1. The minimum absolute atomic E-state index is 0.167. The number of nitrogens with one attached hydrogen (secondary N) is 3. The van der Waals surface area contributed by atoms with Crippen LogP contribution >= 0.6 is 0 Å². The van der Waals surface area contributed by atoms with Crippen molar-refractivity contribution in [1.82, 2.24) is 15.5 Å². The summed E-state index contributed by atoms with van der Waals surface area (Å²) >= 11 is 0. The van der Waals surface area contributed by atoms with Crippen LogP contribution in [0.1, 0.15) is 27.2 Å². The molecule has 0 radical (unpaired) electrons. The van der Waals surface area contributed by atoms with E-state index < -0.39 is 0 Å². The molecule has 0 saturated heterocycles. The molecule has 0 saturated carbocycles. The number of aromatic amines is 1. The number of anilines is 1. The molecule has 6 nitrogen and oxygen atoms in total. The van der Waals surface area contributed by atoms with E-state index in [-0.39, 0.29) is 5.91 Å². The lowest BCUT2D eigenvalue weighted by Crippen LogP contribution is -2.20. The van der Waals surface area contributed by atoms with Gasteiger partial charge in [0.1, 0.15) is 11.3 Å². The molecule has 1 aromatic carbocycles. The fourth-order valence-electron chi connectivity index (χ4n) is 2.18. The van der Waals surface area contributed by atoms with Crippen LogP contribution in [0.4, 0.5) is 5.82 Å². The van der Waals surface area contributed by atoms with Crippen LogP contribution < -0.4 is 15.4 Å². The summed E-state index contributed by atoms with van der Waals surface area (Å²) in [7, 11) is 3.24. The first kappa shape index (κ1) is 14.9. The van der Waals surface area contributed by atoms with Crippen molar-refractivity contribution in [2.75, 3.05) is 19.5 Å². The van der Waals surface area contributed by atoms with E-state index in [1.54, 1.807) is 14.2 Å². The third-order valence-electron chi connectivity index (χ3n) is 3.28. The van der Waals surface area contributed by atoms with E-state index in [0.717, 1.165) is 22.6 Å². The van der Waals surface area contributed by atoms with Crippen molar-refractivity contribution in [2.24, 2.45) is 0 Å². The van der Waals surface area contributed by atoms with Crippen LogP contribution in [0.3, 0.4) is 0 Å². The molecule has 0 bridgehead atoms. The third kappa shape index (κ3) is 3.16. The maximum atomic E-state index is 11.9. The summed E-state index contributed by atoms with van der Waals surface area (Å²) in [6, 6.07) is 5.98. The van der Waals surface area contributed by atoms with Crippen molar-refractivity contribution in [2.45, 2.75) is 20.4 Å². The molecule has 2 rings (SSSR count). The number of carbonyl (C=O) groups excluding carboxylic acids is 1. The SMILES string of the molecule is CNC(=O)c1c(NCc2cc(C)ccc2OC)n[nH]c1C. The number of methoxy groups -OCH3 is 1. The summed E-state index contributed by atoms with van der Waals surface area (Å²) in [5.74, 6) is 1.18. The fraction of sp³-hybridized carbons (Fsp3) is 0.333. The smallest absolute Gasteiger partial charge is 0.256 e. The molecule has 0 aliphatic heterocycles. The zero-order chi connectivity index (χ0) is 15.4. The highest BCUT2D eigenvalue weighted by Crippen LogP contribution is 2.22. The van der Waals surface area contributed by atoms with Crippen LogP contribution in [0.2, 0.25) is 0 Å². The van der Waals surface area contributed by atoms with Crippen molar-refractivity contribution < 1.29 is 9.53 Å². The molecule has 1 amide bonds. The molecule has 21 heavy (non-hydrogen) atoms. The van der Waals surface area contributed by atoms with Gasteiger partial charge in [-0.15, -0.1) is 0 Å². The summed E-state index contributed by atoms with van der Waals surface area (Å²) in [4.78, 5) is 11.9. The van der Waals surface area contributed by atoms with Gasteiger partial charge in [-0.05, 0) is 19.9 Å². The number of aryl methyl sites for hydroxylation is 2. The van der Waals surface area contributed by atoms with Crippen molar-refractivity contribution in [3.8, 4) is 5.75 Å². The van der Waals surface area contributed by atoms with Crippen LogP contribution in [-0.4, -0.2) is 30.3 Å². The van der Waals surface area contributed by atoms with Crippen molar-refractivity contribution in [3.63, 3.8) is 0 Å². The van der Waals surface area contributed by atoms with Crippen molar-refractivity contribution in [1.29, 1.82) is 0 Å². The quantitative estimate of drug-likeness (QED) is 0.786. The Morgan fingerprint density at radius 1 is 1.38 bits per heavy atom. The van der Waals surface area contributed by atoms with Crippen LogP contribution in [0.5, 0.6) is 5.75 Å². The Morgan fingerprint density at radius 3 is 2.81 bits per heavy atom. The highest BCUT2D eigenvalue weighted by Gasteiger charge is 2.17. The maximum Gasteiger partial charge on any atom is 0.256 e. The van der Waals surface area contributed by atoms with E-state index in [1.807, 2.05) is 32.0 Å². The van der Waals surface area contributed by atoms with Crippen LogP contribution in [0.25, 0.3) is 0 Å². The number of carbonyl (C=O) groups is 1. The third-order valence-corrected chi connectivity index (χ3v) is 3.28. The number of aromatic nitrogens is 2. The van der Waals surface area contributed by atoms with Gasteiger partial charge < -0.3 is 15.4 Å². The predicted octanol–water partition coefficient (Wildman–Crippen LogP) is 2.01. The van der Waals surface area contributed by atoms with Gasteiger partial charge in [0.05, 0.1) is 7.11 Å². The van der Waals surface area contributed by atoms with Gasteiger partial charge in [-0.1, -0.05) is 17.7 Å². The van der Waals surface area contributed by atoms with Crippen LogP contribution in [-0.2, 0) is 6.54 Å². The highest BCUT2D eigenvalue weighted by molar-refractivity contribution is 5.99. The van der Waals surface area contributed by atoms with Gasteiger partial charge in [0.15, 0.2) is 5.82 Å². The monoisotopic (exact) mass is 288 g/mol. The van der Waals surface area contributed by atoms with Gasteiger partial charge in [0.25, 0.3) is 5.91 Å². The van der Waals surface area contributed by atoms with E-state index in [9.17, 15) is 4.79 Å². The molecule has 2 aromatic rings. The van der Waals surface area contributed by atoms with Crippen LogP contribution in [0, 0.1) is 13.8 Å². The Hall–Kier alpha value is -2.50. The summed E-state index contributed by atoms with van der Waals surface area (Å²) < 4.78 is 5.35. The lowest BCUT2D eigenvalue weighted by Gasteiger charge is -2.11. The number of H-pyrrole nitrogens is 1. The molecule has 0 spiro atoms. The lowest BCUT2D eigenvalue weighted by atomic mass is 10.1. The molecular weight excluding hydrogens is 268 g/mol. The highest BCUT2D eigenvalue weighted by atomic mass is 16.5. The fourth-order valence-corrected chi connectivity index (χ4v) is 2.18. The lowest BCUT2D eigenvalue weighted by molar-refractivity contribution is 0.0963. The summed E-state index contributed by atoms with van der Waals surface area (Å²) in [5.41, 5.74) is 3.43. The molecule has 0 aliphatic rings. The Morgan fingerprint density at radius 2 is 2.14 bits per heavy atom. The molecule has 6 heteroatoms. The number of benzene rings is 1. The average Bonchev–Trinajstić information content (AvgIpc) is 2.85. The summed E-state index contributed by atoms with van der Waals surface area (Å²) in [6.07, 6.45) is 0. The molecule has 0 unspecified atom stereocenters. The normalized spacial score (nSPS) is 10.3. The number of rotatable bonds is 5. The summed E-state index contributed by atoms with van der Waals surface area (Å²) in [6.45, 7) is 4.37. The predicted molar refractivity (Wildman–Crippen MR) is 81.8 cm³/mol. The average molecular weight is 288 g/mol. The zero-order valence-corrected chi connectivity index (χ0v) is 12.7. The van der Waals surface area contributed by atoms with E-state index >= 15 is 0 Å². The van der Waals surface area contributed by atoms with Crippen molar-refractivity contribution in [3.05, 3.63) is 40.6 Å². The van der Waals surface area contributed by atoms with Gasteiger partial charge in [0.2, 0.25) is 0 Å². The second kappa shape index (κ2) is 6.30. The minimum atomic E-state index is -0.167. The largest absolute Gasteiger partial charge is 0.496 e. The Labute approximate surface area is 123 Å². The molecule has 0 aliphatic carbocycles. The van der Waals surface area contributed by atoms with E-state index in [4.69, 9.17) is 4.74 Å². The molecule has 3 N–H and O–H groups in total. The van der Waals surface area contributed by atoms with Gasteiger partial charge in [0, 0.05) is 24.8 Å². The second-order valence-corrected chi connectivity index (χ2v) is 4.82. The standard InChI is InChI=1S/C15H20N4O2/c1-9-5-6-12(21-4)11(7-9)8-17-14-13(15(20)16-3)10(2)18-19-14/h5-7H,8H2,1-4H3,(H,16,20)(H2,17,18,19). The molecule has 0 fully saturated rings. The van der Waals surface area contributed by atoms with Gasteiger partial charge in [-0.3, -0.25) is 9.89 Å². The van der Waals surface area contributed by atoms with E-state index in [0.29, 0.717) is 17.9 Å². The number of hydrogen-bond donors (Lipinski definition) is 3.